The highest BCUT2D eigenvalue weighted by molar-refractivity contribution is 7.93. The minimum absolute atomic E-state index is 0.397. The second-order valence-electron chi connectivity index (χ2n) is 6.53. The van der Waals surface area contributed by atoms with Gasteiger partial charge in [0.25, 0.3) is 0 Å². The summed E-state index contributed by atoms with van der Waals surface area (Å²) in [5.41, 5.74) is 0. The van der Waals surface area contributed by atoms with E-state index in [1.165, 1.54) is 38.5 Å². The molecule has 0 saturated heterocycles. The highest BCUT2D eigenvalue weighted by Gasteiger charge is 2.20. The molecule has 0 aliphatic rings. The number of ether oxygens (including phenoxy) is 1. The van der Waals surface area contributed by atoms with Crippen LogP contribution in [0.3, 0.4) is 0 Å². The third-order valence-corrected chi connectivity index (χ3v) is 4.13. The maximum absolute atomic E-state index is 10.0. The summed E-state index contributed by atoms with van der Waals surface area (Å²) in [6, 6.07) is 0. The molecule has 1 unspecified atom stereocenters. The number of nitrogens with zero attached hydrogens (tertiary/aromatic N) is 1. The number of quaternary nitrogens is 1. The van der Waals surface area contributed by atoms with Gasteiger partial charge in [-0.15, -0.1) is 0 Å². The molecule has 0 saturated carbocycles. The molecule has 128 valence electrons. The van der Waals surface area contributed by atoms with Gasteiger partial charge in [-0.05, 0) is 31.3 Å². The summed E-state index contributed by atoms with van der Waals surface area (Å²) in [4.78, 5) is 0. The lowest BCUT2D eigenvalue weighted by atomic mass is 10.1. The summed E-state index contributed by atoms with van der Waals surface area (Å²) in [5.74, 6) is 0.690. The zero-order valence-electron chi connectivity index (χ0n) is 14.2. The largest absolute Gasteiger partial charge is 0.385 e. The lowest BCUT2D eigenvalue weighted by Crippen LogP contribution is -2.47. The molecular weight excluding hydrogens is 286 g/mol. The SMILES string of the molecule is CCCCCCCC[N+](C)(C)CC(O)COCCCSO. The maximum atomic E-state index is 10.0. The van der Waals surface area contributed by atoms with Gasteiger partial charge in [0.05, 0.1) is 27.2 Å². The Morgan fingerprint density at radius 1 is 1.05 bits per heavy atom. The molecule has 0 spiro atoms. The molecular formula is C16H36NO3S+. The maximum Gasteiger partial charge on any atom is 0.126 e. The molecule has 4 nitrogen and oxygen atoms in total. The number of unbranched alkanes of at least 4 members (excludes halogenated alkanes) is 5. The van der Waals surface area contributed by atoms with Crippen molar-refractivity contribution >= 4 is 12.0 Å². The van der Waals surface area contributed by atoms with Crippen LogP contribution in [0.1, 0.15) is 51.9 Å². The Labute approximate surface area is 135 Å². The topological polar surface area (TPSA) is 49.7 Å². The molecule has 0 fully saturated rings. The van der Waals surface area contributed by atoms with Crippen LogP contribution in [0.4, 0.5) is 0 Å². The Morgan fingerprint density at radius 3 is 2.38 bits per heavy atom. The van der Waals surface area contributed by atoms with Crippen LogP contribution in [0.15, 0.2) is 0 Å². The third-order valence-electron chi connectivity index (χ3n) is 3.66. The standard InChI is InChI=1S/C16H35NO3S/c1-4-5-6-7-8-9-11-17(2,3)14-16(18)15-20-12-10-13-21-19/h16,18H,4-15H2,1-3H3/p+1. The van der Waals surface area contributed by atoms with Gasteiger partial charge in [0.1, 0.15) is 12.6 Å². The molecule has 1 atom stereocenters. The lowest BCUT2D eigenvalue weighted by Gasteiger charge is -2.31. The molecule has 5 heteroatoms. The first kappa shape index (κ1) is 21.2. The predicted octanol–water partition coefficient (Wildman–Crippen LogP) is 3.40. The first-order chi connectivity index (χ1) is 10.0. The Bertz CT molecular complexity index is 228. The van der Waals surface area contributed by atoms with Gasteiger partial charge in [-0.2, -0.15) is 0 Å². The molecule has 2 N–H and O–H groups in total. The quantitative estimate of drug-likeness (QED) is 0.276. The van der Waals surface area contributed by atoms with E-state index in [0.717, 1.165) is 36.0 Å². The fourth-order valence-corrected chi connectivity index (χ4v) is 2.73. The van der Waals surface area contributed by atoms with Gasteiger partial charge in [-0.1, -0.05) is 32.6 Å². The number of hydrogen-bond donors (Lipinski definition) is 2. The van der Waals surface area contributed by atoms with E-state index < -0.39 is 6.10 Å². The molecule has 21 heavy (non-hydrogen) atoms. The number of aliphatic hydroxyl groups is 1. The Kier molecular flexibility index (Phi) is 14.0. The smallest absolute Gasteiger partial charge is 0.126 e. The first-order valence-corrected chi connectivity index (χ1v) is 9.30. The molecule has 0 rings (SSSR count). The molecule has 0 aliphatic heterocycles. The van der Waals surface area contributed by atoms with Gasteiger partial charge < -0.3 is 18.9 Å². The van der Waals surface area contributed by atoms with Crippen molar-refractivity contribution < 1.29 is 18.9 Å². The summed E-state index contributed by atoms with van der Waals surface area (Å²) in [6.07, 6.45) is 8.29. The average Bonchev–Trinajstić information content (AvgIpc) is 2.42. The van der Waals surface area contributed by atoms with E-state index in [-0.39, 0.29) is 0 Å². The van der Waals surface area contributed by atoms with Crippen molar-refractivity contribution in [2.24, 2.45) is 0 Å². The fraction of sp³-hybridized carbons (Fsp3) is 1.00. The number of hydrogen-bond acceptors (Lipinski definition) is 4. The van der Waals surface area contributed by atoms with Gasteiger partial charge >= 0.3 is 0 Å². The van der Waals surface area contributed by atoms with Crippen LogP contribution in [-0.2, 0) is 4.74 Å². The summed E-state index contributed by atoms with van der Waals surface area (Å²) in [6.45, 7) is 5.10. The third kappa shape index (κ3) is 14.9. The van der Waals surface area contributed by atoms with E-state index in [1.54, 1.807) is 0 Å². The minimum atomic E-state index is -0.401. The highest BCUT2D eigenvalue weighted by Crippen LogP contribution is 2.09. The Morgan fingerprint density at radius 2 is 1.71 bits per heavy atom. The molecule has 0 aliphatic carbocycles. The van der Waals surface area contributed by atoms with Crippen LogP contribution >= 0.6 is 12.0 Å². The van der Waals surface area contributed by atoms with E-state index in [9.17, 15) is 5.11 Å². The van der Waals surface area contributed by atoms with Gasteiger partial charge in [-0.3, -0.25) is 0 Å². The number of likely N-dealkylation sites (N-methyl/N-ethyl adjacent to an activating group) is 1. The van der Waals surface area contributed by atoms with E-state index in [2.05, 4.69) is 21.0 Å². The van der Waals surface area contributed by atoms with Crippen LogP contribution in [0.5, 0.6) is 0 Å². The minimum Gasteiger partial charge on any atom is -0.385 e. The summed E-state index contributed by atoms with van der Waals surface area (Å²) in [7, 11) is 4.36. The summed E-state index contributed by atoms with van der Waals surface area (Å²) >= 11 is 0.841. The van der Waals surface area contributed by atoms with Crippen LogP contribution in [0, 0.1) is 0 Å². The van der Waals surface area contributed by atoms with Crippen molar-refractivity contribution in [1.29, 1.82) is 0 Å². The second-order valence-corrected chi connectivity index (χ2v) is 7.19. The number of rotatable bonds is 15. The average molecular weight is 323 g/mol. The molecule has 0 bridgehead atoms. The van der Waals surface area contributed by atoms with Crippen molar-refractivity contribution in [3.63, 3.8) is 0 Å². The van der Waals surface area contributed by atoms with Crippen LogP contribution < -0.4 is 0 Å². The van der Waals surface area contributed by atoms with E-state index in [0.29, 0.717) is 19.0 Å². The Hall–Kier alpha value is 0.190. The summed E-state index contributed by atoms with van der Waals surface area (Å²) < 4.78 is 14.9. The normalized spacial score (nSPS) is 13.6. The van der Waals surface area contributed by atoms with Crippen LogP contribution in [0.25, 0.3) is 0 Å². The molecule has 0 aromatic rings. The van der Waals surface area contributed by atoms with Crippen molar-refractivity contribution in [2.75, 3.05) is 46.2 Å². The monoisotopic (exact) mass is 322 g/mol. The molecule has 0 aromatic heterocycles. The van der Waals surface area contributed by atoms with E-state index in [1.807, 2.05) is 0 Å². The van der Waals surface area contributed by atoms with Crippen molar-refractivity contribution in [1.82, 2.24) is 0 Å². The van der Waals surface area contributed by atoms with Crippen molar-refractivity contribution in [2.45, 2.75) is 58.0 Å². The fourth-order valence-electron chi connectivity index (χ4n) is 2.48. The molecule has 0 radical (unpaired) electrons. The van der Waals surface area contributed by atoms with Gasteiger partial charge in [0.2, 0.25) is 0 Å². The van der Waals surface area contributed by atoms with Crippen molar-refractivity contribution in [3.8, 4) is 0 Å². The Balaban J connectivity index is 3.59. The highest BCUT2D eigenvalue weighted by atomic mass is 32.2. The molecule has 0 aromatic carbocycles. The van der Waals surface area contributed by atoms with Gasteiger partial charge in [0.15, 0.2) is 0 Å². The lowest BCUT2D eigenvalue weighted by molar-refractivity contribution is -0.893. The zero-order chi connectivity index (χ0) is 16.0. The van der Waals surface area contributed by atoms with Crippen LogP contribution in [0.2, 0.25) is 0 Å². The van der Waals surface area contributed by atoms with Crippen LogP contribution in [-0.4, -0.2) is 66.4 Å². The van der Waals surface area contributed by atoms with Crippen molar-refractivity contribution in [3.05, 3.63) is 0 Å². The molecule has 0 heterocycles. The predicted molar refractivity (Wildman–Crippen MR) is 91.7 cm³/mol. The van der Waals surface area contributed by atoms with E-state index >= 15 is 0 Å². The number of aliphatic hydroxyl groups excluding tert-OH is 1. The van der Waals surface area contributed by atoms with Gasteiger partial charge in [-0.25, -0.2) is 0 Å². The molecule has 0 amide bonds. The first-order valence-electron chi connectivity index (χ1n) is 8.36. The summed E-state index contributed by atoms with van der Waals surface area (Å²) in [5, 5.41) is 10.0. The van der Waals surface area contributed by atoms with E-state index in [4.69, 9.17) is 9.29 Å². The second kappa shape index (κ2) is 13.8. The zero-order valence-corrected chi connectivity index (χ0v) is 15.0. The van der Waals surface area contributed by atoms with Gasteiger partial charge in [0, 0.05) is 12.4 Å².